The van der Waals surface area contributed by atoms with Crippen LogP contribution in [0.15, 0.2) is 11.6 Å². The molecule has 0 aromatic rings. The highest BCUT2D eigenvalue weighted by molar-refractivity contribution is 5.79. The van der Waals surface area contributed by atoms with E-state index in [1.54, 1.807) is 0 Å². The summed E-state index contributed by atoms with van der Waals surface area (Å²) in [6.45, 7) is 17.0. The van der Waals surface area contributed by atoms with Gasteiger partial charge in [0.25, 0.3) is 0 Å². The van der Waals surface area contributed by atoms with E-state index in [1.165, 1.54) is 12.5 Å². The molecule has 0 spiro atoms. The van der Waals surface area contributed by atoms with E-state index in [4.69, 9.17) is 28.4 Å². The van der Waals surface area contributed by atoms with Gasteiger partial charge in [0.1, 0.15) is 61.0 Å². The summed E-state index contributed by atoms with van der Waals surface area (Å²) in [6.07, 6.45) is -9.69. The molecule has 0 aromatic carbocycles. The van der Waals surface area contributed by atoms with Crippen LogP contribution in [0.4, 0.5) is 0 Å². The third kappa shape index (κ3) is 7.51. The maximum Gasteiger partial charge on any atom is 0.315 e. The Hall–Kier alpha value is -1.35. The number of fused-ring (bicyclic) bond motifs is 7. The Kier molecular flexibility index (Phi) is 12.8. The molecule has 3 saturated heterocycles. The molecule has 16 heteroatoms. The summed E-state index contributed by atoms with van der Waals surface area (Å²) in [5.41, 5.74) is -0.348. The second kappa shape index (κ2) is 16.7. The molecule has 22 unspecified atom stereocenters. The minimum atomic E-state index is -1.66. The monoisotopic (exact) mass is 897 g/mol. The van der Waals surface area contributed by atoms with Gasteiger partial charge in [-0.3, -0.25) is 4.79 Å². The van der Waals surface area contributed by atoms with Crippen molar-refractivity contribution < 1.29 is 79.2 Å². The molecule has 7 fully saturated rings. The van der Waals surface area contributed by atoms with Gasteiger partial charge in [0, 0.05) is 0 Å². The molecule has 0 amide bonds. The first-order valence-corrected chi connectivity index (χ1v) is 23.6. The summed E-state index contributed by atoms with van der Waals surface area (Å²) in [5.74, 6) is 0.0259. The lowest BCUT2D eigenvalue weighted by molar-refractivity contribution is -0.376. The molecular weight excluding hydrogens is 821 g/mol. The Morgan fingerprint density at radius 1 is 0.714 bits per heavy atom. The summed E-state index contributed by atoms with van der Waals surface area (Å²) in [6, 6.07) is 0. The van der Waals surface area contributed by atoms with Gasteiger partial charge in [-0.15, -0.1) is 0 Å². The molecule has 8 aliphatic rings. The van der Waals surface area contributed by atoms with Crippen molar-refractivity contribution in [3.8, 4) is 0 Å². The smallest absolute Gasteiger partial charge is 0.315 e. The van der Waals surface area contributed by atoms with Gasteiger partial charge in [-0.25, -0.2) is 0 Å². The second-order valence-electron chi connectivity index (χ2n) is 23.0. The molecule has 0 aromatic heterocycles. The van der Waals surface area contributed by atoms with Crippen LogP contribution >= 0.6 is 0 Å². The van der Waals surface area contributed by atoms with Gasteiger partial charge in [-0.1, -0.05) is 60.1 Å². The largest absolute Gasteiger partial charge is 0.432 e. The van der Waals surface area contributed by atoms with E-state index in [2.05, 4.69) is 54.5 Å². The van der Waals surface area contributed by atoms with Gasteiger partial charge in [-0.2, -0.15) is 0 Å². The standard InChI is InChI=1S/C47H76O16/c1-22-30(50)33(53)36(56)39(59-22)62-37-34(54)32(52)26(20-48)60-40(37)61-29-12-13-44(6)27(43(29,4)5)11-14-46(8)28(44)10-9-23-24-19-42(2,3)15-17-47(24,18-16-45(23,46)7)41(57)63-38-35(55)31(51)25(49)21-58-38/h9,22,24-40,48-56H,10-21H2,1-8H3. The van der Waals surface area contributed by atoms with Gasteiger partial charge >= 0.3 is 5.97 Å². The lowest BCUT2D eigenvalue weighted by Crippen LogP contribution is -2.67. The molecule has 5 aliphatic carbocycles. The number of carbonyl (C=O) groups is 1. The van der Waals surface area contributed by atoms with Gasteiger partial charge in [0.2, 0.25) is 6.29 Å². The first-order chi connectivity index (χ1) is 29.4. The second-order valence-corrected chi connectivity index (χ2v) is 23.0. The number of allylic oxidation sites excluding steroid dienone is 2. The minimum absolute atomic E-state index is 0.0126. The van der Waals surface area contributed by atoms with Crippen molar-refractivity contribution in [3.63, 3.8) is 0 Å². The van der Waals surface area contributed by atoms with E-state index in [-0.39, 0.29) is 40.1 Å². The Balaban J connectivity index is 1.04. The van der Waals surface area contributed by atoms with Crippen LogP contribution in [0.1, 0.15) is 120 Å². The van der Waals surface area contributed by atoms with E-state index in [1.807, 2.05) is 0 Å². The van der Waals surface area contributed by atoms with E-state index >= 15 is 0 Å². The van der Waals surface area contributed by atoms with Crippen LogP contribution in [0, 0.1) is 50.2 Å². The fraction of sp³-hybridized carbons (Fsp3) is 0.936. The Labute approximate surface area is 371 Å². The first-order valence-electron chi connectivity index (χ1n) is 23.6. The summed E-state index contributed by atoms with van der Waals surface area (Å²) >= 11 is 0. The predicted molar refractivity (Wildman–Crippen MR) is 223 cm³/mol. The van der Waals surface area contributed by atoms with Crippen molar-refractivity contribution in [2.45, 2.75) is 212 Å². The van der Waals surface area contributed by atoms with Crippen LogP contribution in [-0.2, 0) is 33.2 Å². The molecule has 8 rings (SSSR count). The average molecular weight is 897 g/mol. The number of aliphatic hydroxyl groups excluding tert-OH is 9. The van der Waals surface area contributed by atoms with Crippen LogP contribution in [0.3, 0.4) is 0 Å². The van der Waals surface area contributed by atoms with Crippen molar-refractivity contribution in [2.24, 2.45) is 50.2 Å². The predicted octanol–water partition coefficient (Wildman–Crippen LogP) is 1.81. The summed E-state index contributed by atoms with van der Waals surface area (Å²) in [7, 11) is 0. The minimum Gasteiger partial charge on any atom is -0.432 e. The molecule has 3 aliphatic heterocycles. The summed E-state index contributed by atoms with van der Waals surface area (Å²) in [5, 5.41) is 95.1. The maximum atomic E-state index is 14.5. The van der Waals surface area contributed by atoms with Crippen LogP contribution in [-0.4, -0.2) is 157 Å². The van der Waals surface area contributed by atoms with E-state index in [0.29, 0.717) is 25.2 Å². The van der Waals surface area contributed by atoms with Crippen molar-refractivity contribution in [3.05, 3.63) is 11.6 Å². The number of hydrogen-bond acceptors (Lipinski definition) is 16. The van der Waals surface area contributed by atoms with Gasteiger partial charge in [0.05, 0.1) is 30.8 Å². The van der Waals surface area contributed by atoms with Crippen LogP contribution in [0.25, 0.3) is 0 Å². The third-order valence-electron chi connectivity index (χ3n) is 18.9. The van der Waals surface area contributed by atoms with Crippen molar-refractivity contribution >= 4 is 5.97 Å². The summed E-state index contributed by atoms with van der Waals surface area (Å²) < 4.78 is 36.2. The normalized spacial score (nSPS) is 54.1. The average Bonchev–Trinajstić information content (AvgIpc) is 3.22. The van der Waals surface area contributed by atoms with Gasteiger partial charge < -0.3 is 74.4 Å². The Morgan fingerprint density at radius 3 is 2.10 bits per heavy atom. The third-order valence-corrected chi connectivity index (χ3v) is 18.9. The zero-order valence-corrected chi connectivity index (χ0v) is 38.3. The number of aliphatic hydroxyl groups is 9. The van der Waals surface area contributed by atoms with Crippen molar-refractivity contribution in [1.82, 2.24) is 0 Å². The van der Waals surface area contributed by atoms with Crippen LogP contribution < -0.4 is 0 Å². The fourth-order valence-electron chi connectivity index (χ4n) is 14.7. The molecule has 22 atom stereocenters. The molecule has 16 nitrogen and oxygen atoms in total. The SMILES string of the molecule is CC1OC(OC2C(OC3CCC4(C)C(CCC5(C)C4CC=C4C6CC(C)(C)CCC6(C(=O)OC6OCC(O)C(O)C6O)CCC45C)C3(C)C)OC(CO)C(O)C2O)C(O)C(O)C1O. The van der Waals surface area contributed by atoms with Crippen LogP contribution in [0.2, 0.25) is 0 Å². The number of ether oxygens (including phenoxy) is 6. The maximum absolute atomic E-state index is 14.5. The quantitative estimate of drug-likeness (QED) is 0.100. The molecule has 9 N–H and O–H groups in total. The highest BCUT2D eigenvalue weighted by atomic mass is 16.8. The van der Waals surface area contributed by atoms with E-state index in [9.17, 15) is 50.8 Å². The molecule has 4 saturated carbocycles. The topological polar surface area (TPSA) is 255 Å². The highest BCUT2D eigenvalue weighted by Gasteiger charge is 2.70. The molecule has 3 heterocycles. The van der Waals surface area contributed by atoms with Crippen molar-refractivity contribution in [2.75, 3.05) is 13.2 Å². The van der Waals surface area contributed by atoms with E-state index in [0.717, 1.165) is 44.9 Å². The Morgan fingerprint density at radius 2 is 1.40 bits per heavy atom. The van der Waals surface area contributed by atoms with Crippen molar-refractivity contribution in [1.29, 1.82) is 0 Å². The fourth-order valence-corrected chi connectivity index (χ4v) is 14.7. The molecular formula is C47H76O16. The molecule has 0 bridgehead atoms. The molecule has 360 valence electrons. The summed E-state index contributed by atoms with van der Waals surface area (Å²) in [4.78, 5) is 14.5. The number of hydrogen-bond donors (Lipinski definition) is 9. The van der Waals surface area contributed by atoms with Crippen LogP contribution in [0.5, 0.6) is 0 Å². The Bertz CT molecular complexity index is 1720. The number of carbonyl (C=O) groups excluding carboxylic acids is 1. The number of esters is 1. The lowest BCUT2D eigenvalue weighted by Gasteiger charge is -2.71. The number of rotatable bonds is 7. The lowest BCUT2D eigenvalue weighted by atomic mass is 9.33. The van der Waals surface area contributed by atoms with E-state index < -0.39 is 116 Å². The zero-order valence-electron chi connectivity index (χ0n) is 38.3. The molecule has 63 heavy (non-hydrogen) atoms. The zero-order chi connectivity index (χ0) is 46.0. The van der Waals surface area contributed by atoms with Gasteiger partial charge in [-0.05, 0) is 116 Å². The van der Waals surface area contributed by atoms with Gasteiger partial charge in [0.15, 0.2) is 12.6 Å². The molecule has 0 radical (unpaired) electrons. The first kappa shape index (κ1) is 48.1. The highest BCUT2D eigenvalue weighted by Crippen LogP contribution is 2.76.